The zero-order valence-electron chi connectivity index (χ0n) is 10.8. The molecule has 0 saturated heterocycles. The van der Waals surface area contributed by atoms with Crippen LogP contribution in [0, 0.1) is 19.7 Å². The molecule has 0 aliphatic rings. The van der Waals surface area contributed by atoms with Crippen molar-refractivity contribution in [1.82, 2.24) is 5.16 Å². The van der Waals surface area contributed by atoms with Gasteiger partial charge in [0.05, 0.1) is 17.7 Å². The number of hydrogen-bond acceptors (Lipinski definition) is 4. The number of halogens is 1. The van der Waals surface area contributed by atoms with Gasteiger partial charge >= 0.3 is 5.97 Å². The predicted octanol–water partition coefficient (Wildman–Crippen LogP) is 2.72. The van der Waals surface area contributed by atoms with Crippen LogP contribution in [0.4, 0.5) is 4.39 Å². The Morgan fingerprint density at radius 3 is 2.74 bits per heavy atom. The fourth-order valence-corrected chi connectivity index (χ4v) is 1.71. The summed E-state index contributed by atoms with van der Waals surface area (Å²) >= 11 is 0. The Balaban J connectivity index is 1.94. The van der Waals surface area contributed by atoms with Crippen LogP contribution in [0.3, 0.4) is 0 Å². The molecule has 2 aromatic rings. The standard InChI is InChI=1S/C14H14FNO3/c1-9-12(10(2)19-16-9)8-18-14(17)7-11-5-3-4-6-13(11)15/h3-6H,7-8H2,1-2H3. The number of nitrogens with zero attached hydrogens (tertiary/aromatic N) is 1. The van der Waals surface area contributed by atoms with E-state index in [9.17, 15) is 9.18 Å². The minimum Gasteiger partial charge on any atom is -0.460 e. The summed E-state index contributed by atoms with van der Waals surface area (Å²) in [7, 11) is 0. The zero-order valence-corrected chi connectivity index (χ0v) is 10.8. The Hall–Kier alpha value is -2.17. The van der Waals surface area contributed by atoms with Gasteiger partial charge in [-0.2, -0.15) is 0 Å². The molecule has 4 nitrogen and oxygen atoms in total. The number of ether oxygens (including phenoxy) is 1. The monoisotopic (exact) mass is 263 g/mol. The van der Waals surface area contributed by atoms with Gasteiger partial charge in [0.1, 0.15) is 18.2 Å². The van der Waals surface area contributed by atoms with E-state index in [2.05, 4.69) is 5.16 Å². The van der Waals surface area contributed by atoms with E-state index in [4.69, 9.17) is 9.26 Å². The molecule has 0 spiro atoms. The highest BCUT2D eigenvalue weighted by molar-refractivity contribution is 5.72. The van der Waals surface area contributed by atoms with E-state index < -0.39 is 11.8 Å². The molecular formula is C14H14FNO3. The topological polar surface area (TPSA) is 52.3 Å². The van der Waals surface area contributed by atoms with Gasteiger partial charge in [-0.05, 0) is 25.5 Å². The van der Waals surface area contributed by atoms with Gasteiger partial charge in [0, 0.05) is 0 Å². The number of esters is 1. The quantitative estimate of drug-likeness (QED) is 0.796. The Morgan fingerprint density at radius 2 is 2.11 bits per heavy atom. The molecule has 0 aliphatic heterocycles. The molecule has 0 fully saturated rings. The first kappa shape index (κ1) is 13.3. The van der Waals surface area contributed by atoms with Crippen molar-refractivity contribution in [1.29, 1.82) is 0 Å². The number of benzene rings is 1. The van der Waals surface area contributed by atoms with Crippen LogP contribution in [0.25, 0.3) is 0 Å². The van der Waals surface area contributed by atoms with E-state index in [0.29, 0.717) is 17.0 Å². The lowest BCUT2D eigenvalue weighted by Crippen LogP contribution is -2.09. The van der Waals surface area contributed by atoms with Crippen molar-refractivity contribution in [2.75, 3.05) is 0 Å². The Bertz CT molecular complexity index is 573. The molecule has 0 atom stereocenters. The maximum Gasteiger partial charge on any atom is 0.310 e. The van der Waals surface area contributed by atoms with Gasteiger partial charge in [0.2, 0.25) is 0 Å². The number of aryl methyl sites for hydroxylation is 2. The van der Waals surface area contributed by atoms with Crippen LogP contribution in [0.1, 0.15) is 22.6 Å². The first-order chi connectivity index (χ1) is 9.08. The third-order valence-electron chi connectivity index (χ3n) is 2.85. The SMILES string of the molecule is Cc1noc(C)c1COC(=O)Cc1ccccc1F. The number of carbonyl (C=O) groups excluding carboxylic acids is 1. The summed E-state index contributed by atoms with van der Waals surface area (Å²) < 4.78 is 23.4. The van der Waals surface area contributed by atoms with E-state index in [1.165, 1.54) is 6.07 Å². The van der Waals surface area contributed by atoms with Crippen molar-refractivity contribution in [3.8, 4) is 0 Å². The van der Waals surface area contributed by atoms with Gasteiger partial charge in [0.15, 0.2) is 0 Å². The smallest absolute Gasteiger partial charge is 0.310 e. The van der Waals surface area contributed by atoms with Crippen LogP contribution in [0.15, 0.2) is 28.8 Å². The second-order valence-electron chi connectivity index (χ2n) is 4.23. The Morgan fingerprint density at radius 1 is 1.37 bits per heavy atom. The highest BCUT2D eigenvalue weighted by atomic mass is 19.1. The van der Waals surface area contributed by atoms with E-state index in [1.807, 2.05) is 0 Å². The van der Waals surface area contributed by atoms with Crippen molar-refractivity contribution in [3.05, 3.63) is 52.7 Å². The maximum absolute atomic E-state index is 13.4. The lowest BCUT2D eigenvalue weighted by molar-refractivity contribution is -0.144. The highest BCUT2D eigenvalue weighted by Crippen LogP contribution is 2.14. The van der Waals surface area contributed by atoms with E-state index in [-0.39, 0.29) is 13.0 Å². The third kappa shape index (κ3) is 3.19. The molecule has 5 heteroatoms. The van der Waals surface area contributed by atoms with Gasteiger partial charge in [-0.25, -0.2) is 4.39 Å². The number of hydrogen-bond donors (Lipinski definition) is 0. The zero-order chi connectivity index (χ0) is 13.8. The lowest BCUT2D eigenvalue weighted by Gasteiger charge is -2.05. The van der Waals surface area contributed by atoms with Gasteiger partial charge in [-0.1, -0.05) is 23.4 Å². The van der Waals surface area contributed by atoms with Crippen molar-refractivity contribution >= 4 is 5.97 Å². The van der Waals surface area contributed by atoms with Gasteiger partial charge < -0.3 is 9.26 Å². The minimum atomic E-state index is -0.481. The molecule has 0 bridgehead atoms. The van der Waals surface area contributed by atoms with Crippen molar-refractivity contribution in [2.45, 2.75) is 26.9 Å². The van der Waals surface area contributed by atoms with E-state index in [0.717, 1.165) is 5.56 Å². The normalized spacial score (nSPS) is 10.5. The van der Waals surface area contributed by atoms with Crippen LogP contribution in [-0.2, 0) is 22.6 Å². The van der Waals surface area contributed by atoms with Crippen LogP contribution in [-0.4, -0.2) is 11.1 Å². The fraction of sp³-hybridized carbons (Fsp3) is 0.286. The molecule has 1 aromatic heterocycles. The van der Waals surface area contributed by atoms with Crippen LogP contribution in [0.5, 0.6) is 0 Å². The summed E-state index contributed by atoms with van der Waals surface area (Å²) in [5.41, 5.74) is 1.77. The molecule has 0 radical (unpaired) electrons. The Labute approximate surface area is 110 Å². The van der Waals surface area contributed by atoms with Crippen LogP contribution >= 0.6 is 0 Å². The molecule has 0 aliphatic carbocycles. The number of carbonyl (C=O) groups is 1. The maximum atomic E-state index is 13.4. The summed E-state index contributed by atoms with van der Waals surface area (Å²) in [5, 5.41) is 3.77. The second-order valence-corrected chi connectivity index (χ2v) is 4.23. The third-order valence-corrected chi connectivity index (χ3v) is 2.85. The van der Waals surface area contributed by atoms with Gasteiger partial charge in [0.25, 0.3) is 0 Å². The summed E-state index contributed by atoms with van der Waals surface area (Å²) in [5.74, 6) is -0.266. The number of rotatable bonds is 4. The predicted molar refractivity (Wildman–Crippen MR) is 65.9 cm³/mol. The highest BCUT2D eigenvalue weighted by Gasteiger charge is 2.13. The molecule has 1 heterocycles. The van der Waals surface area contributed by atoms with E-state index in [1.54, 1.807) is 32.0 Å². The average molecular weight is 263 g/mol. The first-order valence-electron chi connectivity index (χ1n) is 5.88. The van der Waals surface area contributed by atoms with Gasteiger partial charge in [-0.3, -0.25) is 4.79 Å². The molecule has 100 valence electrons. The summed E-state index contributed by atoms with van der Waals surface area (Å²) in [6.07, 6.45) is -0.0873. The molecular weight excluding hydrogens is 249 g/mol. The fourth-order valence-electron chi connectivity index (χ4n) is 1.71. The van der Waals surface area contributed by atoms with Crippen molar-refractivity contribution in [2.24, 2.45) is 0 Å². The second kappa shape index (κ2) is 5.65. The summed E-state index contributed by atoms with van der Waals surface area (Å²) in [6, 6.07) is 6.14. The van der Waals surface area contributed by atoms with Crippen molar-refractivity contribution in [3.63, 3.8) is 0 Å². The first-order valence-corrected chi connectivity index (χ1v) is 5.88. The number of aromatic nitrogens is 1. The Kier molecular flexibility index (Phi) is 3.94. The largest absolute Gasteiger partial charge is 0.460 e. The molecule has 0 saturated carbocycles. The summed E-state index contributed by atoms with van der Waals surface area (Å²) in [6.45, 7) is 3.62. The molecule has 19 heavy (non-hydrogen) atoms. The molecule has 0 amide bonds. The van der Waals surface area contributed by atoms with E-state index >= 15 is 0 Å². The molecule has 0 unspecified atom stereocenters. The van der Waals surface area contributed by atoms with Crippen LogP contribution < -0.4 is 0 Å². The lowest BCUT2D eigenvalue weighted by atomic mass is 10.1. The molecule has 2 rings (SSSR count). The van der Waals surface area contributed by atoms with Gasteiger partial charge in [-0.15, -0.1) is 0 Å². The van der Waals surface area contributed by atoms with Crippen LogP contribution in [0.2, 0.25) is 0 Å². The molecule has 1 aromatic carbocycles. The van der Waals surface area contributed by atoms with Crippen molar-refractivity contribution < 1.29 is 18.4 Å². The summed E-state index contributed by atoms with van der Waals surface area (Å²) in [4.78, 5) is 11.6. The molecule has 0 N–H and O–H groups in total. The minimum absolute atomic E-state index is 0.0873. The average Bonchev–Trinajstić information content (AvgIpc) is 2.70.